The van der Waals surface area contributed by atoms with E-state index in [1.165, 1.54) is 4.90 Å². The number of hydrogen-bond acceptors (Lipinski definition) is 4. The fourth-order valence-electron chi connectivity index (χ4n) is 2.49. The van der Waals surface area contributed by atoms with Crippen molar-refractivity contribution in [2.45, 2.75) is 19.8 Å². The van der Waals surface area contributed by atoms with Gasteiger partial charge in [-0.25, -0.2) is 0 Å². The van der Waals surface area contributed by atoms with Crippen LogP contribution in [0.3, 0.4) is 0 Å². The maximum absolute atomic E-state index is 12.2. The largest absolute Gasteiger partial charge is 0.481 e. The van der Waals surface area contributed by atoms with E-state index in [-0.39, 0.29) is 30.0 Å². The van der Waals surface area contributed by atoms with Crippen LogP contribution in [0, 0.1) is 12.8 Å². The molecule has 0 bridgehead atoms. The molecule has 0 aromatic carbocycles. The molecule has 120 valence electrons. The Bertz CT molecular complexity index is 572. The van der Waals surface area contributed by atoms with Gasteiger partial charge in [-0.15, -0.1) is 0 Å². The topological polar surface area (TPSA) is 91.1 Å². The van der Waals surface area contributed by atoms with Gasteiger partial charge in [0.15, 0.2) is 5.76 Å². The summed E-state index contributed by atoms with van der Waals surface area (Å²) in [5.74, 6) is -0.872. The monoisotopic (exact) mass is 308 g/mol. The van der Waals surface area contributed by atoms with E-state index in [4.69, 9.17) is 9.52 Å². The highest BCUT2D eigenvalue weighted by Crippen LogP contribution is 2.17. The summed E-state index contributed by atoms with van der Waals surface area (Å²) in [7, 11) is 1.54. The normalized spacial score (nSPS) is 15.6. The highest BCUT2D eigenvalue weighted by Gasteiger charge is 2.28. The highest BCUT2D eigenvalue weighted by atomic mass is 16.4. The average molecular weight is 308 g/mol. The summed E-state index contributed by atoms with van der Waals surface area (Å²) in [6, 6.07) is 3.27. The number of rotatable bonds is 4. The first-order valence-electron chi connectivity index (χ1n) is 7.21. The number of aliphatic carboxylic acids is 1. The number of aryl methyl sites for hydroxylation is 1. The number of likely N-dealkylation sites (N-methyl/N-ethyl adjacent to an activating group) is 1. The molecule has 22 heavy (non-hydrogen) atoms. The third-order valence-electron chi connectivity index (χ3n) is 3.87. The molecule has 2 heterocycles. The van der Waals surface area contributed by atoms with Crippen LogP contribution in [-0.2, 0) is 9.59 Å². The maximum atomic E-state index is 12.2. The zero-order valence-electron chi connectivity index (χ0n) is 12.7. The second-order valence-corrected chi connectivity index (χ2v) is 5.56. The molecule has 2 rings (SSSR count). The minimum Gasteiger partial charge on any atom is -0.481 e. The molecule has 0 radical (unpaired) electrons. The third-order valence-corrected chi connectivity index (χ3v) is 3.87. The summed E-state index contributed by atoms with van der Waals surface area (Å²) >= 11 is 0. The number of carbonyl (C=O) groups is 3. The molecule has 7 nitrogen and oxygen atoms in total. The second kappa shape index (κ2) is 6.64. The molecule has 0 atom stereocenters. The minimum absolute atomic E-state index is 0.0453. The summed E-state index contributed by atoms with van der Waals surface area (Å²) in [5.41, 5.74) is 0. The van der Waals surface area contributed by atoms with E-state index in [1.54, 1.807) is 31.0 Å². The van der Waals surface area contributed by atoms with Gasteiger partial charge < -0.3 is 19.3 Å². The Morgan fingerprint density at radius 2 is 1.95 bits per heavy atom. The number of carboxylic acids is 1. The Kier molecular flexibility index (Phi) is 4.85. The second-order valence-electron chi connectivity index (χ2n) is 5.56. The van der Waals surface area contributed by atoms with Crippen LogP contribution in [0.2, 0.25) is 0 Å². The molecule has 1 fully saturated rings. The molecule has 0 saturated carbocycles. The van der Waals surface area contributed by atoms with Gasteiger partial charge in [0.2, 0.25) is 5.91 Å². The van der Waals surface area contributed by atoms with Crippen molar-refractivity contribution in [3.63, 3.8) is 0 Å². The summed E-state index contributed by atoms with van der Waals surface area (Å²) in [6.07, 6.45) is 0.909. The molecule has 2 amide bonds. The fourth-order valence-corrected chi connectivity index (χ4v) is 2.49. The Morgan fingerprint density at radius 1 is 1.32 bits per heavy atom. The van der Waals surface area contributed by atoms with E-state index >= 15 is 0 Å². The molecule has 0 unspecified atom stereocenters. The van der Waals surface area contributed by atoms with Crippen LogP contribution < -0.4 is 0 Å². The lowest BCUT2D eigenvalue weighted by Crippen LogP contribution is -2.45. The lowest BCUT2D eigenvalue weighted by molar-refractivity contribution is -0.145. The number of piperidine rings is 1. The standard InChI is InChI=1S/C15H20N2O5/c1-10-3-4-12(22-10)14(19)16(2)9-13(18)17-7-5-11(6-8-17)15(20)21/h3-4,11H,5-9H2,1-2H3,(H,20,21). The van der Waals surface area contributed by atoms with Crippen LogP contribution in [0.4, 0.5) is 0 Å². The summed E-state index contributed by atoms with van der Waals surface area (Å²) in [6.45, 7) is 2.53. The Balaban J connectivity index is 1.87. The van der Waals surface area contributed by atoms with E-state index < -0.39 is 5.97 Å². The van der Waals surface area contributed by atoms with Gasteiger partial charge in [-0.2, -0.15) is 0 Å². The van der Waals surface area contributed by atoms with Crippen molar-refractivity contribution >= 4 is 17.8 Å². The maximum Gasteiger partial charge on any atom is 0.306 e. The Hall–Kier alpha value is -2.31. The van der Waals surface area contributed by atoms with Crippen molar-refractivity contribution in [2.75, 3.05) is 26.7 Å². The number of carboxylic acid groups (broad SMARTS) is 1. The predicted octanol–water partition coefficient (Wildman–Crippen LogP) is 0.983. The molecular formula is C15H20N2O5. The van der Waals surface area contributed by atoms with Gasteiger partial charge in [-0.05, 0) is 31.9 Å². The molecule has 0 spiro atoms. The van der Waals surface area contributed by atoms with Gasteiger partial charge in [0.25, 0.3) is 5.91 Å². The van der Waals surface area contributed by atoms with Gasteiger partial charge >= 0.3 is 5.97 Å². The van der Waals surface area contributed by atoms with Crippen LogP contribution in [0.15, 0.2) is 16.5 Å². The minimum atomic E-state index is -0.812. The van der Waals surface area contributed by atoms with Crippen LogP contribution in [0.25, 0.3) is 0 Å². The van der Waals surface area contributed by atoms with E-state index in [1.807, 2.05) is 0 Å². The fraction of sp³-hybridized carbons (Fsp3) is 0.533. The lowest BCUT2D eigenvalue weighted by atomic mass is 9.97. The van der Waals surface area contributed by atoms with Gasteiger partial charge in [0, 0.05) is 20.1 Å². The van der Waals surface area contributed by atoms with E-state index in [9.17, 15) is 14.4 Å². The Labute approximate surface area is 128 Å². The zero-order chi connectivity index (χ0) is 16.3. The molecular weight excluding hydrogens is 288 g/mol. The van der Waals surface area contributed by atoms with Crippen LogP contribution in [0.5, 0.6) is 0 Å². The number of furan rings is 1. The number of nitrogens with zero attached hydrogens (tertiary/aromatic N) is 2. The molecule has 1 aromatic heterocycles. The highest BCUT2D eigenvalue weighted by molar-refractivity contribution is 5.94. The SMILES string of the molecule is Cc1ccc(C(=O)N(C)CC(=O)N2CCC(C(=O)O)CC2)o1. The van der Waals surface area contributed by atoms with Crippen molar-refractivity contribution in [1.29, 1.82) is 0 Å². The first-order valence-corrected chi connectivity index (χ1v) is 7.21. The van der Waals surface area contributed by atoms with Crippen molar-refractivity contribution in [3.05, 3.63) is 23.7 Å². The quantitative estimate of drug-likeness (QED) is 0.895. The lowest BCUT2D eigenvalue weighted by Gasteiger charge is -2.31. The average Bonchev–Trinajstić information content (AvgIpc) is 2.92. The first-order chi connectivity index (χ1) is 10.4. The first kappa shape index (κ1) is 16.1. The predicted molar refractivity (Wildman–Crippen MR) is 77.3 cm³/mol. The van der Waals surface area contributed by atoms with Gasteiger partial charge in [0.1, 0.15) is 5.76 Å². The van der Waals surface area contributed by atoms with Crippen molar-refractivity contribution < 1.29 is 23.9 Å². The number of hydrogen-bond donors (Lipinski definition) is 1. The van der Waals surface area contributed by atoms with E-state index in [0.717, 1.165) is 0 Å². The van der Waals surface area contributed by atoms with Gasteiger partial charge in [0.05, 0.1) is 12.5 Å². The number of carbonyl (C=O) groups excluding carboxylic acids is 2. The van der Waals surface area contributed by atoms with Crippen LogP contribution in [-0.4, -0.2) is 59.4 Å². The van der Waals surface area contributed by atoms with Crippen molar-refractivity contribution in [3.8, 4) is 0 Å². The number of amides is 2. The molecule has 1 aliphatic heterocycles. The van der Waals surface area contributed by atoms with Crippen molar-refractivity contribution in [2.24, 2.45) is 5.92 Å². The molecule has 1 aromatic rings. The van der Waals surface area contributed by atoms with E-state index in [2.05, 4.69) is 0 Å². The summed E-state index contributed by atoms with van der Waals surface area (Å²) in [5, 5.41) is 8.94. The smallest absolute Gasteiger partial charge is 0.306 e. The molecule has 1 N–H and O–H groups in total. The molecule has 1 aliphatic rings. The Morgan fingerprint density at radius 3 is 2.45 bits per heavy atom. The molecule has 1 saturated heterocycles. The molecule has 7 heteroatoms. The summed E-state index contributed by atoms with van der Waals surface area (Å²) < 4.78 is 5.25. The zero-order valence-corrected chi connectivity index (χ0v) is 12.7. The summed E-state index contributed by atoms with van der Waals surface area (Å²) in [4.78, 5) is 38.1. The van der Waals surface area contributed by atoms with E-state index in [0.29, 0.717) is 31.7 Å². The molecule has 0 aliphatic carbocycles. The number of likely N-dealkylation sites (tertiary alicyclic amines) is 1. The van der Waals surface area contributed by atoms with Crippen LogP contribution in [0.1, 0.15) is 29.2 Å². The van der Waals surface area contributed by atoms with Gasteiger partial charge in [-0.3, -0.25) is 14.4 Å². The van der Waals surface area contributed by atoms with Crippen molar-refractivity contribution in [1.82, 2.24) is 9.80 Å². The third kappa shape index (κ3) is 3.66. The van der Waals surface area contributed by atoms with Crippen LogP contribution >= 0.6 is 0 Å². The van der Waals surface area contributed by atoms with Gasteiger partial charge in [-0.1, -0.05) is 0 Å².